The average molecular weight is 210 g/mol. The van der Waals surface area contributed by atoms with Crippen LogP contribution in [0.3, 0.4) is 0 Å². The summed E-state index contributed by atoms with van der Waals surface area (Å²) < 4.78 is 6.04. The van der Waals surface area contributed by atoms with E-state index in [9.17, 15) is 4.79 Å². The number of hydrogen-bond acceptors (Lipinski definition) is 2. The van der Waals surface area contributed by atoms with Crippen LogP contribution in [0.4, 0.5) is 0 Å². The van der Waals surface area contributed by atoms with E-state index in [4.69, 9.17) is 4.74 Å². The van der Waals surface area contributed by atoms with E-state index < -0.39 is 0 Å². The smallest absolute Gasteiger partial charge is 0.125 e. The highest BCUT2D eigenvalue weighted by atomic mass is 16.5. The van der Waals surface area contributed by atoms with Gasteiger partial charge in [0.2, 0.25) is 0 Å². The SMILES string of the molecule is CC(C)(C=O)CC1CC2CCCCC2O1. The van der Waals surface area contributed by atoms with E-state index in [2.05, 4.69) is 0 Å². The van der Waals surface area contributed by atoms with E-state index in [1.54, 1.807) is 0 Å². The number of rotatable bonds is 3. The molecule has 1 saturated carbocycles. The zero-order chi connectivity index (χ0) is 10.9. The molecule has 3 atom stereocenters. The van der Waals surface area contributed by atoms with Crippen molar-refractivity contribution in [3.8, 4) is 0 Å². The van der Waals surface area contributed by atoms with Gasteiger partial charge >= 0.3 is 0 Å². The summed E-state index contributed by atoms with van der Waals surface area (Å²) >= 11 is 0. The van der Waals surface area contributed by atoms with Crippen molar-refractivity contribution in [2.75, 3.05) is 0 Å². The van der Waals surface area contributed by atoms with Crippen LogP contribution in [0.5, 0.6) is 0 Å². The topological polar surface area (TPSA) is 26.3 Å². The van der Waals surface area contributed by atoms with Gasteiger partial charge in [0.05, 0.1) is 12.2 Å². The van der Waals surface area contributed by atoms with Crippen LogP contribution < -0.4 is 0 Å². The molecular formula is C13H22O2. The quantitative estimate of drug-likeness (QED) is 0.669. The summed E-state index contributed by atoms with van der Waals surface area (Å²) in [7, 11) is 0. The highest BCUT2D eigenvalue weighted by Crippen LogP contribution is 2.40. The first kappa shape index (κ1) is 11.1. The van der Waals surface area contributed by atoms with Gasteiger partial charge in [-0.3, -0.25) is 0 Å². The summed E-state index contributed by atoms with van der Waals surface area (Å²) in [5.74, 6) is 0.784. The fraction of sp³-hybridized carbons (Fsp3) is 0.923. The van der Waals surface area contributed by atoms with Crippen molar-refractivity contribution in [3.05, 3.63) is 0 Å². The summed E-state index contributed by atoms with van der Waals surface area (Å²) in [4.78, 5) is 10.9. The maximum Gasteiger partial charge on any atom is 0.125 e. The van der Waals surface area contributed by atoms with E-state index in [1.807, 2.05) is 13.8 Å². The zero-order valence-corrected chi connectivity index (χ0v) is 9.87. The minimum Gasteiger partial charge on any atom is -0.375 e. The van der Waals surface area contributed by atoms with E-state index in [0.717, 1.165) is 18.6 Å². The largest absolute Gasteiger partial charge is 0.375 e. The Morgan fingerprint density at radius 2 is 2.07 bits per heavy atom. The van der Waals surface area contributed by atoms with E-state index in [1.165, 1.54) is 32.1 Å². The maximum absolute atomic E-state index is 10.9. The third-order valence-electron chi connectivity index (χ3n) is 3.85. The Balaban J connectivity index is 1.89. The van der Waals surface area contributed by atoms with Gasteiger partial charge in [-0.25, -0.2) is 0 Å². The summed E-state index contributed by atoms with van der Waals surface area (Å²) in [5, 5.41) is 0. The van der Waals surface area contributed by atoms with Crippen molar-refractivity contribution in [2.45, 2.75) is 64.6 Å². The molecule has 2 nitrogen and oxygen atoms in total. The second-order valence-electron chi connectivity index (χ2n) is 5.89. The number of aldehydes is 1. The molecule has 0 aromatic heterocycles. The molecule has 1 heterocycles. The van der Waals surface area contributed by atoms with Crippen molar-refractivity contribution >= 4 is 6.29 Å². The second-order valence-corrected chi connectivity index (χ2v) is 5.89. The predicted octanol–water partition coefficient (Wildman–Crippen LogP) is 2.95. The fourth-order valence-electron chi connectivity index (χ4n) is 3.03. The van der Waals surface area contributed by atoms with Crippen LogP contribution >= 0.6 is 0 Å². The van der Waals surface area contributed by atoms with E-state index >= 15 is 0 Å². The summed E-state index contributed by atoms with van der Waals surface area (Å²) in [6, 6.07) is 0. The molecule has 0 aromatic carbocycles. The van der Waals surface area contributed by atoms with Crippen LogP contribution in [0.2, 0.25) is 0 Å². The summed E-state index contributed by atoms with van der Waals surface area (Å²) in [6.45, 7) is 4.01. The molecule has 2 fully saturated rings. The Labute approximate surface area is 92.4 Å². The molecule has 0 radical (unpaired) electrons. The number of hydrogen-bond donors (Lipinski definition) is 0. The Hall–Kier alpha value is -0.370. The Morgan fingerprint density at radius 3 is 2.73 bits per heavy atom. The number of carbonyl (C=O) groups excluding carboxylic acids is 1. The Bertz CT molecular complexity index is 221. The van der Waals surface area contributed by atoms with Crippen molar-refractivity contribution in [2.24, 2.45) is 11.3 Å². The van der Waals surface area contributed by atoms with Crippen LogP contribution in [0.1, 0.15) is 52.4 Å². The summed E-state index contributed by atoms with van der Waals surface area (Å²) in [5.41, 5.74) is -0.210. The third-order valence-corrected chi connectivity index (χ3v) is 3.85. The minimum absolute atomic E-state index is 0.210. The molecule has 1 aliphatic heterocycles. The van der Waals surface area contributed by atoms with Gasteiger partial charge in [-0.1, -0.05) is 26.7 Å². The van der Waals surface area contributed by atoms with Crippen molar-refractivity contribution in [1.82, 2.24) is 0 Å². The van der Waals surface area contributed by atoms with Gasteiger partial charge in [-0.2, -0.15) is 0 Å². The number of carbonyl (C=O) groups is 1. The van der Waals surface area contributed by atoms with E-state index in [0.29, 0.717) is 12.2 Å². The molecule has 0 bridgehead atoms. The molecular weight excluding hydrogens is 188 g/mol. The van der Waals surface area contributed by atoms with Gasteiger partial charge in [0.25, 0.3) is 0 Å². The molecule has 0 amide bonds. The highest BCUT2D eigenvalue weighted by Gasteiger charge is 2.38. The van der Waals surface area contributed by atoms with Crippen molar-refractivity contribution in [1.29, 1.82) is 0 Å². The van der Waals surface area contributed by atoms with Crippen LogP contribution in [0.15, 0.2) is 0 Å². The van der Waals surface area contributed by atoms with Gasteiger partial charge in [-0.15, -0.1) is 0 Å². The molecule has 2 heteroatoms. The Kier molecular flexibility index (Phi) is 3.15. The van der Waals surface area contributed by atoms with Gasteiger partial charge in [0.1, 0.15) is 6.29 Å². The van der Waals surface area contributed by atoms with Gasteiger partial charge in [-0.05, 0) is 31.6 Å². The standard InChI is InChI=1S/C13H22O2/c1-13(2,9-14)8-11-7-10-5-3-4-6-12(10)15-11/h9-12H,3-8H2,1-2H3. The predicted molar refractivity (Wildman–Crippen MR) is 59.7 cm³/mol. The first-order chi connectivity index (χ1) is 7.11. The maximum atomic E-state index is 10.9. The molecule has 1 aliphatic carbocycles. The van der Waals surface area contributed by atoms with E-state index in [-0.39, 0.29) is 5.41 Å². The second kappa shape index (κ2) is 4.25. The monoisotopic (exact) mass is 210 g/mol. The van der Waals surface area contributed by atoms with Crippen LogP contribution in [-0.4, -0.2) is 18.5 Å². The lowest BCUT2D eigenvalue weighted by atomic mass is 9.82. The minimum atomic E-state index is -0.210. The van der Waals surface area contributed by atoms with Crippen LogP contribution in [0.25, 0.3) is 0 Å². The lowest BCUT2D eigenvalue weighted by Crippen LogP contribution is -2.23. The highest BCUT2D eigenvalue weighted by molar-refractivity contribution is 5.57. The molecule has 2 rings (SSSR count). The van der Waals surface area contributed by atoms with Crippen LogP contribution in [0, 0.1) is 11.3 Å². The molecule has 1 saturated heterocycles. The molecule has 0 spiro atoms. The third kappa shape index (κ3) is 2.60. The molecule has 86 valence electrons. The normalized spacial score (nSPS) is 36.3. The molecule has 15 heavy (non-hydrogen) atoms. The number of fused-ring (bicyclic) bond motifs is 1. The molecule has 2 aliphatic rings. The lowest BCUT2D eigenvalue weighted by molar-refractivity contribution is -0.116. The van der Waals surface area contributed by atoms with Crippen molar-refractivity contribution in [3.63, 3.8) is 0 Å². The first-order valence-corrected chi connectivity index (χ1v) is 6.22. The zero-order valence-electron chi connectivity index (χ0n) is 9.87. The lowest BCUT2D eigenvalue weighted by Gasteiger charge is -2.23. The van der Waals surface area contributed by atoms with Crippen LogP contribution in [-0.2, 0) is 9.53 Å². The molecule has 0 N–H and O–H groups in total. The van der Waals surface area contributed by atoms with Gasteiger partial charge < -0.3 is 9.53 Å². The first-order valence-electron chi connectivity index (χ1n) is 6.22. The number of ether oxygens (including phenoxy) is 1. The molecule has 0 aromatic rings. The van der Waals surface area contributed by atoms with Crippen molar-refractivity contribution < 1.29 is 9.53 Å². The molecule has 3 unspecified atom stereocenters. The van der Waals surface area contributed by atoms with Gasteiger partial charge in [0.15, 0.2) is 0 Å². The van der Waals surface area contributed by atoms with Gasteiger partial charge in [0, 0.05) is 5.41 Å². The average Bonchev–Trinajstić information content (AvgIpc) is 2.58. The summed E-state index contributed by atoms with van der Waals surface area (Å²) in [6.07, 6.45) is 9.25. The Morgan fingerprint density at radius 1 is 1.33 bits per heavy atom. The fourth-order valence-corrected chi connectivity index (χ4v) is 3.03.